The fourth-order valence-electron chi connectivity index (χ4n) is 4.04. The summed E-state index contributed by atoms with van der Waals surface area (Å²) in [7, 11) is 0. The van der Waals surface area contributed by atoms with E-state index in [0.29, 0.717) is 13.0 Å². The van der Waals surface area contributed by atoms with E-state index in [1.807, 2.05) is 31.2 Å². The van der Waals surface area contributed by atoms with Gasteiger partial charge in [-0.2, -0.15) is 0 Å². The summed E-state index contributed by atoms with van der Waals surface area (Å²) in [6.07, 6.45) is 6.98. The molecule has 5 nitrogen and oxygen atoms in total. The Balaban J connectivity index is 2.30. The van der Waals surface area contributed by atoms with Crippen LogP contribution in [-0.2, 0) is 22.6 Å². The Labute approximate surface area is 199 Å². The molecule has 2 aromatic carbocycles. The normalized spacial score (nSPS) is 11.7. The summed E-state index contributed by atoms with van der Waals surface area (Å²) in [5.74, 6) is -0.795. The highest BCUT2D eigenvalue weighted by Gasteiger charge is 2.18. The van der Waals surface area contributed by atoms with Crippen molar-refractivity contribution in [1.29, 1.82) is 0 Å². The molecule has 33 heavy (non-hydrogen) atoms. The lowest BCUT2D eigenvalue weighted by Crippen LogP contribution is -2.29. The lowest BCUT2D eigenvalue weighted by molar-refractivity contribution is -0.137. The lowest BCUT2D eigenvalue weighted by atomic mass is 9.93. The number of amides is 1. The molecular formula is C28H40N2O3. The van der Waals surface area contributed by atoms with E-state index in [2.05, 4.69) is 42.7 Å². The van der Waals surface area contributed by atoms with Gasteiger partial charge in [0.05, 0.1) is 0 Å². The van der Waals surface area contributed by atoms with Gasteiger partial charge in [-0.1, -0.05) is 88.9 Å². The van der Waals surface area contributed by atoms with Gasteiger partial charge in [-0.3, -0.25) is 9.59 Å². The minimum Gasteiger partial charge on any atom is -0.481 e. The second-order valence-corrected chi connectivity index (χ2v) is 8.78. The molecule has 0 aromatic heterocycles. The van der Waals surface area contributed by atoms with Crippen LogP contribution >= 0.6 is 0 Å². The molecular weight excluding hydrogens is 412 g/mol. The Morgan fingerprint density at radius 3 is 2.39 bits per heavy atom. The van der Waals surface area contributed by atoms with Gasteiger partial charge in [0.1, 0.15) is 0 Å². The molecule has 1 amide bonds. The summed E-state index contributed by atoms with van der Waals surface area (Å²) >= 11 is 0. The third-order valence-corrected chi connectivity index (χ3v) is 6.03. The van der Waals surface area contributed by atoms with E-state index in [9.17, 15) is 14.7 Å². The van der Waals surface area contributed by atoms with E-state index in [-0.39, 0.29) is 18.2 Å². The number of benzene rings is 2. The number of anilines is 1. The Kier molecular flexibility index (Phi) is 11.5. The van der Waals surface area contributed by atoms with Gasteiger partial charge in [-0.25, -0.2) is 0 Å². The monoisotopic (exact) mass is 452 g/mol. The number of hydrogen-bond acceptors (Lipinski definition) is 3. The van der Waals surface area contributed by atoms with Gasteiger partial charge in [-0.15, -0.1) is 0 Å². The molecule has 0 fully saturated rings. The highest BCUT2D eigenvalue weighted by atomic mass is 16.4. The third kappa shape index (κ3) is 8.56. The number of nitrogens with one attached hydrogen (secondary N) is 2. The molecule has 0 aliphatic rings. The summed E-state index contributed by atoms with van der Waals surface area (Å²) in [6.45, 7) is 7.48. The van der Waals surface area contributed by atoms with Crippen LogP contribution in [0.4, 0.5) is 5.69 Å². The summed E-state index contributed by atoms with van der Waals surface area (Å²) in [5, 5.41) is 15.9. The molecule has 2 rings (SSSR count). The van der Waals surface area contributed by atoms with E-state index in [4.69, 9.17) is 0 Å². The van der Waals surface area contributed by atoms with Crippen LogP contribution in [0.2, 0.25) is 0 Å². The number of carbonyl (C=O) groups excluding carboxylic acids is 1. The van der Waals surface area contributed by atoms with Gasteiger partial charge in [0.25, 0.3) is 0 Å². The van der Waals surface area contributed by atoms with Crippen LogP contribution < -0.4 is 10.6 Å². The van der Waals surface area contributed by atoms with Crippen molar-refractivity contribution in [3.05, 3.63) is 53.6 Å². The second kappa shape index (κ2) is 14.4. The number of aryl methyl sites for hydroxylation is 1. The molecule has 0 spiro atoms. The molecule has 1 atom stereocenters. The quantitative estimate of drug-likeness (QED) is 0.273. The molecule has 0 aliphatic heterocycles. The van der Waals surface area contributed by atoms with Gasteiger partial charge in [0, 0.05) is 36.7 Å². The summed E-state index contributed by atoms with van der Waals surface area (Å²) < 4.78 is 0. The van der Waals surface area contributed by atoms with Crippen LogP contribution in [0.5, 0.6) is 0 Å². The van der Waals surface area contributed by atoms with Gasteiger partial charge >= 0.3 is 5.97 Å². The fraction of sp³-hybridized carbons (Fsp3) is 0.500. The zero-order valence-corrected chi connectivity index (χ0v) is 20.5. The number of carboxylic acid groups (broad SMARTS) is 1. The van der Waals surface area contributed by atoms with Crippen molar-refractivity contribution in [2.24, 2.45) is 5.92 Å². The van der Waals surface area contributed by atoms with Crippen molar-refractivity contribution in [2.75, 3.05) is 11.9 Å². The topological polar surface area (TPSA) is 78.4 Å². The second-order valence-electron chi connectivity index (χ2n) is 8.78. The van der Waals surface area contributed by atoms with Crippen LogP contribution in [-0.4, -0.2) is 23.5 Å². The number of aliphatic carboxylic acids is 1. The van der Waals surface area contributed by atoms with Crippen LogP contribution in [0, 0.1) is 5.92 Å². The van der Waals surface area contributed by atoms with Crippen molar-refractivity contribution in [3.63, 3.8) is 0 Å². The van der Waals surface area contributed by atoms with Gasteiger partial charge in [0.2, 0.25) is 5.91 Å². The maximum Gasteiger partial charge on any atom is 0.303 e. The van der Waals surface area contributed by atoms with Crippen LogP contribution in [0.15, 0.2) is 42.5 Å². The van der Waals surface area contributed by atoms with E-state index >= 15 is 0 Å². The van der Waals surface area contributed by atoms with Crippen LogP contribution in [0.3, 0.4) is 0 Å². The van der Waals surface area contributed by atoms with Crippen molar-refractivity contribution in [2.45, 2.75) is 78.7 Å². The molecule has 3 N–H and O–H groups in total. The number of rotatable bonds is 15. The van der Waals surface area contributed by atoms with Crippen LogP contribution in [0.1, 0.15) is 76.8 Å². The summed E-state index contributed by atoms with van der Waals surface area (Å²) in [4.78, 5) is 24.1. The van der Waals surface area contributed by atoms with Gasteiger partial charge in [-0.05, 0) is 36.0 Å². The largest absolute Gasteiger partial charge is 0.481 e. The average molecular weight is 453 g/mol. The molecule has 180 valence electrons. The maximum absolute atomic E-state index is 12.8. The van der Waals surface area contributed by atoms with Gasteiger partial charge in [0.15, 0.2) is 0 Å². The highest BCUT2D eigenvalue weighted by molar-refractivity contribution is 5.83. The predicted molar refractivity (Wildman–Crippen MR) is 136 cm³/mol. The maximum atomic E-state index is 12.8. The lowest BCUT2D eigenvalue weighted by Gasteiger charge is -2.21. The Morgan fingerprint density at radius 2 is 1.73 bits per heavy atom. The van der Waals surface area contributed by atoms with Crippen molar-refractivity contribution >= 4 is 17.6 Å². The molecule has 1 unspecified atom stereocenters. The average Bonchev–Trinajstić information content (AvgIpc) is 2.82. The first kappa shape index (κ1) is 26.4. The molecule has 0 saturated carbocycles. The molecule has 5 heteroatoms. The molecule has 0 saturated heterocycles. The minimum absolute atomic E-state index is 0.0336. The third-order valence-electron chi connectivity index (χ3n) is 6.03. The van der Waals surface area contributed by atoms with Crippen LogP contribution in [0.25, 0.3) is 11.1 Å². The first-order valence-electron chi connectivity index (χ1n) is 12.4. The minimum atomic E-state index is -0.819. The predicted octanol–water partition coefficient (Wildman–Crippen LogP) is 6.42. The number of carbonyl (C=O) groups is 2. The van der Waals surface area contributed by atoms with Crippen molar-refractivity contribution in [1.82, 2.24) is 5.32 Å². The summed E-state index contributed by atoms with van der Waals surface area (Å²) in [5.41, 5.74) is 5.10. The first-order valence-corrected chi connectivity index (χ1v) is 12.4. The SMILES string of the molecule is CCCCCCC(C)C(=O)NCc1c(CCC(=O)O)ccc(-c2ccccc2)c1NCCC. The molecule has 0 bridgehead atoms. The molecule has 0 radical (unpaired) electrons. The summed E-state index contributed by atoms with van der Waals surface area (Å²) in [6, 6.07) is 14.2. The van der Waals surface area contributed by atoms with Crippen molar-refractivity contribution < 1.29 is 14.7 Å². The molecule has 0 heterocycles. The number of carboxylic acids is 1. The first-order chi connectivity index (χ1) is 16.0. The molecule has 0 aliphatic carbocycles. The number of unbranched alkanes of at least 4 members (excludes halogenated alkanes) is 3. The molecule has 2 aromatic rings. The Morgan fingerprint density at radius 1 is 0.970 bits per heavy atom. The smallest absolute Gasteiger partial charge is 0.303 e. The van der Waals surface area contributed by atoms with E-state index in [1.165, 1.54) is 12.8 Å². The Hall–Kier alpha value is -2.82. The van der Waals surface area contributed by atoms with E-state index in [0.717, 1.165) is 60.2 Å². The van der Waals surface area contributed by atoms with E-state index < -0.39 is 5.97 Å². The number of hydrogen-bond donors (Lipinski definition) is 3. The standard InChI is InChI=1S/C28H40N2O3/c1-4-6-7-9-12-21(3)28(33)30-20-25-23(16-18-26(31)32)15-17-24(27(25)29-19-5-2)22-13-10-8-11-14-22/h8,10-11,13-15,17,21,29H,4-7,9,12,16,18-20H2,1-3H3,(H,30,33)(H,31,32). The fourth-order valence-corrected chi connectivity index (χ4v) is 4.04. The highest BCUT2D eigenvalue weighted by Crippen LogP contribution is 2.34. The zero-order valence-electron chi connectivity index (χ0n) is 20.5. The van der Waals surface area contributed by atoms with Gasteiger partial charge < -0.3 is 15.7 Å². The zero-order chi connectivity index (χ0) is 24.1. The van der Waals surface area contributed by atoms with E-state index in [1.54, 1.807) is 0 Å². The Bertz CT molecular complexity index is 880. The van der Waals surface area contributed by atoms with Crippen molar-refractivity contribution in [3.8, 4) is 11.1 Å².